The predicted octanol–water partition coefficient (Wildman–Crippen LogP) is 0.0980. The summed E-state index contributed by atoms with van der Waals surface area (Å²) in [6.45, 7) is 0. The zero-order valence-corrected chi connectivity index (χ0v) is 7.25. The Kier molecular flexibility index (Phi) is 1.94. The van der Waals surface area contributed by atoms with E-state index in [0.717, 1.165) is 5.56 Å². The average molecular weight is 188 g/mol. The van der Waals surface area contributed by atoms with Gasteiger partial charge in [0, 0.05) is 18.0 Å². The Labute approximate surface area is 80.0 Å². The molecule has 0 aromatic carbocycles. The molecule has 0 atom stereocenters. The average Bonchev–Trinajstić information content (AvgIpc) is 2.21. The van der Waals surface area contributed by atoms with E-state index in [1.165, 1.54) is 0 Å². The fraction of sp³-hybridized carbons (Fsp3) is 0. The fourth-order valence-corrected chi connectivity index (χ4v) is 0.967. The van der Waals surface area contributed by atoms with Crippen LogP contribution in [0, 0.1) is 0 Å². The second kappa shape index (κ2) is 3.25. The lowest BCUT2D eigenvalue weighted by Gasteiger charge is -1.98. The van der Waals surface area contributed by atoms with Gasteiger partial charge in [0.1, 0.15) is 5.82 Å². The molecule has 0 spiro atoms. The van der Waals surface area contributed by atoms with Crippen LogP contribution >= 0.6 is 0 Å². The number of nitrogen functional groups attached to an aromatic ring is 2. The monoisotopic (exact) mass is 188 g/mol. The van der Waals surface area contributed by atoms with Crippen LogP contribution in [0.4, 0.5) is 11.8 Å². The van der Waals surface area contributed by atoms with Crippen LogP contribution in [-0.2, 0) is 0 Å². The highest BCUT2D eigenvalue weighted by molar-refractivity contribution is 5.57. The lowest BCUT2D eigenvalue weighted by Crippen LogP contribution is -1.96. The van der Waals surface area contributed by atoms with Gasteiger partial charge < -0.3 is 11.5 Å². The first kappa shape index (κ1) is 8.36. The third-order valence-corrected chi connectivity index (χ3v) is 1.65. The third kappa shape index (κ3) is 1.58. The van der Waals surface area contributed by atoms with Gasteiger partial charge in [-0.2, -0.15) is 0 Å². The second-order valence-corrected chi connectivity index (χ2v) is 2.67. The van der Waals surface area contributed by atoms with E-state index >= 15 is 0 Å². The number of hydrogen-bond acceptors (Lipinski definition) is 6. The lowest BCUT2D eigenvalue weighted by atomic mass is 10.2. The molecule has 0 aliphatic heterocycles. The van der Waals surface area contributed by atoms with Crippen LogP contribution in [0.2, 0.25) is 0 Å². The zero-order valence-electron chi connectivity index (χ0n) is 7.25. The Bertz CT molecular complexity index is 377. The maximum absolute atomic E-state index is 5.40. The molecule has 0 radical (unpaired) electrons. The largest absolute Gasteiger partial charge is 0.382 e. The molecular weight excluding hydrogens is 180 g/mol. The van der Waals surface area contributed by atoms with E-state index in [1.807, 2.05) is 0 Å². The SMILES string of the molecule is Nc1ccc(-c2cnc(N)nc2)nn1. The molecule has 0 saturated carbocycles. The van der Waals surface area contributed by atoms with Crippen LogP contribution in [0.3, 0.4) is 0 Å². The van der Waals surface area contributed by atoms with Crippen LogP contribution in [0.25, 0.3) is 11.3 Å². The normalized spacial score (nSPS) is 10.0. The molecule has 0 bridgehead atoms. The van der Waals surface area contributed by atoms with Crippen molar-refractivity contribution in [1.82, 2.24) is 20.2 Å². The highest BCUT2D eigenvalue weighted by atomic mass is 15.1. The molecule has 0 aliphatic rings. The number of aromatic nitrogens is 4. The molecule has 0 fully saturated rings. The smallest absolute Gasteiger partial charge is 0.219 e. The predicted molar refractivity (Wildman–Crippen MR) is 51.9 cm³/mol. The Morgan fingerprint density at radius 1 is 0.929 bits per heavy atom. The third-order valence-electron chi connectivity index (χ3n) is 1.65. The van der Waals surface area contributed by atoms with E-state index in [9.17, 15) is 0 Å². The minimum atomic E-state index is 0.233. The minimum Gasteiger partial charge on any atom is -0.382 e. The van der Waals surface area contributed by atoms with Crippen LogP contribution in [0.1, 0.15) is 0 Å². The van der Waals surface area contributed by atoms with Crippen molar-refractivity contribution in [3.8, 4) is 11.3 Å². The van der Waals surface area contributed by atoms with Crippen molar-refractivity contribution < 1.29 is 0 Å². The van der Waals surface area contributed by atoms with Gasteiger partial charge in [-0.25, -0.2) is 9.97 Å². The molecular formula is C8H8N6. The molecule has 4 N–H and O–H groups in total. The number of hydrogen-bond donors (Lipinski definition) is 2. The van der Waals surface area contributed by atoms with Crippen molar-refractivity contribution in [3.05, 3.63) is 24.5 Å². The molecule has 2 rings (SSSR count). The van der Waals surface area contributed by atoms with Gasteiger partial charge in [-0.3, -0.25) is 0 Å². The van der Waals surface area contributed by atoms with E-state index in [2.05, 4.69) is 20.2 Å². The molecule has 14 heavy (non-hydrogen) atoms. The summed E-state index contributed by atoms with van der Waals surface area (Å²) in [6.07, 6.45) is 3.17. The maximum atomic E-state index is 5.40. The molecule has 6 heteroatoms. The number of nitrogens with zero attached hydrogens (tertiary/aromatic N) is 4. The lowest BCUT2D eigenvalue weighted by molar-refractivity contribution is 1.04. The number of rotatable bonds is 1. The van der Waals surface area contributed by atoms with Crippen molar-refractivity contribution in [1.29, 1.82) is 0 Å². The van der Waals surface area contributed by atoms with E-state index in [-0.39, 0.29) is 5.95 Å². The Morgan fingerprint density at radius 2 is 1.64 bits per heavy atom. The summed E-state index contributed by atoms with van der Waals surface area (Å²) in [5, 5.41) is 7.60. The highest BCUT2D eigenvalue weighted by Crippen LogP contribution is 2.13. The van der Waals surface area contributed by atoms with Crippen LogP contribution in [0.5, 0.6) is 0 Å². The van der Waals surface area contributed by atoms with Gasteiger partial charge >= 0.3 is 0 Å². The molecule has 0 unspecified atom stereocenters. The van der Waals surface area contributed by atoms with Crippen molar-refractivity contribution in [2.75, 3.05) is 11.5 Å². The van der Waals surface area contributed by atoms with Gasteiger partial charge in [0.2, 0.25) is 5.95 Å². The van der Waals surface area contributed by atoms with Gasteiger partial charge in [-0.05, 0) is 12.1 Å². The first-order valence-corrected chi connectivity index (χ1v) is 3.93. The molecule has 0 amide bonds. The summed E-state index contributed by atoms with van der Waals surface area (Å²) >= 11 is 0. The van der Waals surface area contributed by atoms with Crippen LogP contribution < -0.4 is 11.5 Å². The summed E-state index contributed by atoms with van der Waals surface area (Å²) in [7, 11) is 0. The summed E-state index contributed by atoms with van der Waals surface area (Å²) in [5.74, 6) is 0.613. The standard InChI is InChI=1S/C8H8N6/c9-7-2-1-6(13-14-7)5-3-11-8(10)12-4-5/h1-4H,(H2,9,14)(H2,10,11,12). The number of anilines is 2. The number of nitrogens with two attached hydrogens (primary N) is 2. The van der Waals surface area contributed by atoms with E-state index in [1.54, 1.807) is 24.5 Å². The van der Waals surface area contributed by atoms with Gasteiger partial charge in [0.25, 0.3) is 0 Å². The first-order chi connectivity index (χ1) is 6.75. The fourth-order valence-electron chi connectivity index (χ4n) is 0.967. The topological polar surface area (TPSA) is 104 Å². The van der Waals surface area contributed by atoms with Gasteiger partial charge in [0.05, 0.1) is 5.69 Å². The Morgan fingerprint density at radius 3 is 2.21 bits per heavy atom. The van der Waals surface area contributed by atoms with Gasteiger partial charge in [-0.15, -0.1) is 10.2 Å². The molecule has 6 nitrogen and oxygen atoms in total. The van der Waals surface area contributed by atoms with E-state index in [0.29, 0.717) is 11.5 Å². The molecule has 2 aromatic rings. The molecule has 70 valence electrons. The van der Waals surface area contributed by atoms with Crippen molar-refractivity contribution in [3.63, 3.8) is 0 Å². The summed E-state index contributed by atoms with van der Waals surface area (Å²) in [4.78, 5) is 7.69. The van der Waals surface area contributed by atoms with E-state index < -0.39 is 0 Å². The Balaban J connectivity index is 2.40. The highest BCUT2D eigenvalue weighted by Gasteiger charge is 2.00. The quantitative estimate of drug-likeness (QED) is 0.657. The molecule has 0 aliphatic carbocycles. The minimum absolute atomic E-state index is 0.233. The summed E-state index contributed by atoms with van der Waals surface area (Å²) < 4.78 is 0. The maximum Gasteiger partial charge on any atom is 0.219 e. The summed E-state index contributed by atoms with van der Waals surface area (Å²) in [5.41, 5.74) is 12.2. The van der Waals surface area contributed by atoms with Gasteiger partial charge in [-0.1, -0.05) is 0 Å². The molecule has 2 heterocycles. The second-order valence-electron chi connectivity index (χ2n) is 2.67. The Hall–Kier alpha value is -2.24. The molecule has 2 aromatic heterocycles. The van der Waals surface area contributed by atoms with Crippen molar-refractivity contribution in [2.45, 2.75) is 0 Å². The first-order valence-electron chi connectivity index (χ1n) is 3.93. The zero-order chi connectivity index (χ0) is 9.97. The van der Waals surface area contributed by atoms with Gasteiger partial charge in [0.15, 0.2) is 0 Å². The van der Waals surface area contributed by atoms with Crippen LogP contribution in [0.15, 0.2) is 24.5 Å². The van der Waals surface area contributed by atoms with Crippen LogP contribution in [-0.4, -0.2) is 20.2 Å². The summed E-state index contributed by atoms with van der Waals surface area (Å²) in [6, 6.07) is 3.41. The van der Waals surface area contributed by atoms with E-state index in [4.69, 9.17) is 11.5 Å². The molecule has 0 saturated heterocycles. The van der Waals surface area contributed by atoms with Crippen molar-refractivity contribution >= 4 is 11.8 Å². The van der Waals surface area contributed by atoms with Crippen molar-refractivity contribution in [2.24, 2.45) is 0 Å².